The highest BCUT2D eigenvalue weighted by Crippen LogP contribution is 2.34. The number of benzene rings is 1. The number of nitrogens with one attached hydrogen (secondary N) is 2. The topological polar surface area (TPSA) is 112 Å². The molecule has 0 spiro atoms. The highest BCUT2D eigenvalue weighted by Gasteiger charge is 2.25. The summed E-state index contributed by atoms with van der Waals surface area (Å²) in [6.07, 6.45) is 0.677. The van der Waals surface area contributed by atoms with Crippen molar-refractivity contribution < 1.29 is 28.3 Å². The SMILES string of the molecule is O=C1CCC(C(=O)OCc2cc(-c3ccc4c(c3)OCCO4)on2)NN1. The Bertz CT molecular complexity index is 824. The molecule has 1 saturated heterocycles. The molecule has 2 aliphatic rings. The van der Waals surface area contributed by atoms with Gasteiger partial charge in [0.25, 0.3) is 0 Å². The Balaban J connectivity index is 1.37. The molecule has 9 heteroatoms. The van der Waals surface area contributed by atoms with Gasteiger partial charge in [-0.1, -0.05) is 5.16 Å². The molecule has 1 aromatic heterocycles. The van der Waals surface area contributed by atoms with Crippen LogP contribution < -0.4 is 20.3 Å². The van der Waals surface area contributed by atoms with E-state index in [1.54, 1.807) is 6.07 Å². The molecule has 0 aliphatic carbocycles. The summed E-state index contributed by atoms with van der Waals surface area (Å²) in [6, 6.07) is 6.62. The number of amides is 1. The summed E-state index contributed by atoms with van der Waals surface area (Å²) in [5.41, 5.74) is 6.31. The van der Waals surface area contributed by atoms with E-state index in [0.717, 1.165) is 5.56 Å². The van der Waals surface area contributed by atoms with Crippen molar-refractivity contribution in [2.75, 3.05) is 13.2 Å². The van der Waals surface area contributed by atoms with E-state index in [-0.39, 0.29) is 18.9 Å². The van der Waals surface area contributed by atoms with Crippen molar-refractivity contribution >= 4 is 11.9 Å². The predicted octanol–water partition coefficient (Wildman–Crippen LogP) is 0.939. The number of carbonyl (C=O) groups is 2. The van der Waals surface area contributed by atoms with Crippen molar-refractivity contribution in [1.82, 2.24) is 16.0 Å². The fourth-order valence-electron chi connectivity index (χ4n) is 2.71. The van der Waals surface area contributed by atoms with E-state index < -0.39 is 12.0 Å². The van der Waals surface area contributed by atoms with Gasteiger partial charge in [-0.25, -0.2) is 5.43 Å². The third-order valence-electron chi connectivity index (χ3n) is 4.08. The maximum absolute atomic E-state index is 12.0. The van der Waals surface area contributed by atoms with Crippen molar-refractivity contribution in [3.8, 4) is 22.8 Å². The highest BCUT2D eigenvalue weighted by molar-refractivity contribution is 5.81. The standard InChI is InChI=1S/C17H17N3O6/c21-16-4-2-12(18-19-16)17(22)25-9-11-8-14(26-20-11)10-1-3-13-15(7-10)24-6-5-23-13/h1,3,7-8,12,18H,2,4-6,9H2,(H,19,21). The van der Waals surface area contributed by atoms with Crippen LogP contribution in [0.5, 0.6) is 11.5 Å². The number of hydrogen-bond acceptors (Lipinski definition) is 8. The molecule has 4 rings (SSSR count). The Labute approximate surface area is 148 Å². The van der Waals surface area contributed by atoms with Gasteiger partial charge in [-0.15, -0.1) is 0 Å². The number of fused-ring (bicyclic) bond motifs is 1. The van der Waals surface area contributed by atoms with Crippen LogP contribution in [0.15, 0.2) is 28.8 Å². The molecular formula is C17H17N3O6. The van der Waals surface area contributed by atoms with Gasteiger partial charge in [0.05, 0.1) is 0 Å². The van der Waals surface area contributed by atoms with E-state index in [1.807, 2.05) is 18.2 Å². The number of rotatable bonds is 4. The summed E-state index contributed by atoms with van der Waals surface area (Å²) >= 11 is 0. The maximum Gasteiger partial charge on any atom is 0.325 e. The summed E-state index contributed by atoms with van der Waals surface area (Å²) in [5.74, 6) is 1.30. The molecule has 136 valence electrons. The summed E-state index contributed by atoms with van der Waals surface area (Å²) in [6.45, 7) is 1.02. The average molecular weight is 359 g/mol. The number of carbonyl (C=O) groups excluding carboxylic acids is 2. The van der Waals surface area contributed by atoms with Gasteiger partial charge in [-0.3, -0.25) is 15.0 Å². The molecule has 0 saturated carbocycles. The van der Waals surface area contributed by atoms with E-state index in [4.69, 9.17) is 18.7 Å². The van der Waals surface area contributed by atoms with Gasteiger partial charge in [0, 0.05) is 18.1 Å². The number of hydrogen-bond donors (Lipinski definition) is 2. The van der Waals surface area contributed by atoms with Crippen LogP contribution in [0.1, 0.15) is 18.5 Å². The molecule has 2 N–H and O–H groups in total. The third-order valence-corrected chi connectivity index (χ3v) is 4.08. The fraction of sp³-hybridized carbons (Fsp3) is 0.353. The van der Waals surface area contributed by atoms with Crippen LogP contribution in [0.25, 0.3) is 11.3 Å². The van der Waals surface area contributed by atoms with Crippen LogP contribution in [0.4, 0.5) is 0 Å². The van der Waals surface area contributed by atoms with Gasteiger partial charge in [0.2, 0.25) is 5.91 Å². The van der Waals surface area contributed by atoms with Crippen LogP contribution in [0, 0.1) is 0 Å². The van der Waals surface area contributed by atoms with Crippen molar-refractivity contribution in [2.24, 2.45) is 0 Å². The molecule has 1 aromatic carbocycles. The molecule has 9 nitrogen and oxygen atoms in total. The number of aromatic nitrogens is 1. The summed E-state index contributed by atoms with van der Waals surface area (Å²) < 4.78 is 21.6. The Morgan fingerprint density at radius 3 is 2.88 bits per heavy atom. The molecule has 1 unspecified atom stereocenters. The number of hydrazine groups is 1. The summed E-state index contributed by atoms with van der Waals surface area (Å²) in [5, 5.41) is 3.92. The number of ether oxygens (including phenoxy) is 3. The first kappa shape index (κ1) is 16.4. The molecule has 2 aromatic rings. The Morgan fingerprint density at radius 1 is 1.23 bits per heavy atom. The largest absolute Gasteiger partial charge is 0.486 e. The molecule has 0 radical (unpaired) electrons. The van der Waals surface area contributed by atoms with Gasteiger partial charge in [0.15, 0.2) is 17.3 Å². The lowest BCUT2D eigenvalue weighted by Gasteiger charge is -2.21. The van der Waals surface area contributed by atoms with Crippen LogP contribution in [0.3, 0.4) is 0 Å². The normalized spacial score (nSPS) is 18.9. The monoisotopic (exact) mass is 359 g/mol. The smallest absolute Gasteiger partial charge is 0.325 e. The van der Waals surface area contributed by atoms with E-state index in [2.05, 4.69) is 16.0 Å². The quantitative estimate of drug-likeness (QED) is 0.776. The molecule has 26 heavy (non-hydrogen) atoms. The van der Waals surface area contributed by atoms with Crippen molar-refractivity contribution in [3.05, 3.63) is 30.0 Å². The minimum absolute atomic E-state index is 0.0149. The number of nitrogens with zero attached hydrogens (tertiary/aromatic N) is 1. The lowest BCUT2D eigenvalue weighted by molar-refractivity contribution is -0.149. The zero-order valence-corrected chi connectivity index (χ0v) is 13.8. The van der Waals surface area contributed by atoms with Crippen molar-refractivity contribution in [1.29, 1.82) is 0 Å². The van der Waals surface area contributed by atoms with Gasteiger partial charge < -0.3 is 18.7 Å². The second kappa shape index (κ2) is 7.04. The van der Waals surface area contributed by atoms with Gasteiger partial charge in [-0.05, 0) is 24.6 Å². The Morgan fingerprint density at radius 2 is 2.08 bits per heavy atom. The van der Waals surface area contributed by atoms with Crippen LogP contribution in [-0.2, 0) is 20.9 Å². The molecule has 1 amide bonds. The van der Waals surface area contributed by atoms with E-state index in [9.17, 15) is 9.59 Å². The fourth-order valence-corrected chi connectivity index (χ4v) is 2.71. The van der Waals surface area contributed by atoms with Crippen LogP contribution in [0.2, 0.25) is 0 Å². The van der Waals surface area contributed by atoms with Crippen molar-refractivity contribution in [3.63, 3.8) is 0 Å². The zero-order chi connectivity index (χ0) is 17.9. The molecule has 0 bridgehead atoms. The zero-order valence-electron chi connectivity index (χ0n) is 13.8. The number of esters is 1. The molecule has 1 fully saturated rings. The van der Waals surface area contributed by atoms with Crippen molar-refractivity contribution in [2.45, 2.75) is 25.5 Å². The lowest BCUT2D eigenvalue weighted by atomic mass is 10.1. The van der Waals surface area contributed by atoms with Gasteiger partial charge in [0.1, 0.15) is 31.6 Å². The minimum atomic E-state index is -0.558. The third kappa shape index (κ3) is 3.47. The lowest BCUT2D eigenvalue weighted by Crippen LogP contribution is -2.53. The molecule has 1 atom stereocenters. The highest BCUT2D eigenvalue weighted by atomic mass is 16.6. The van der Waals surface area contributed by atoms with E-state index in [1.165, 1.54) is 0 Å². The molecular weight excluding hydrogens is 342 g/mol. The van der Waals surface area contributed by atoms with E-state index in [0.29, 0.717) is 42.6 Å². The predicted molar refractivity (Wildman–Crippen MR) is 87.0 cm³/mol. The van der Waals surface area contributed by atoms with Crippen LogP contribution >= 0.6 is 0 Å². The Kier molecular flexibility index (Phi) is 4.44. The van der Waals surface area contributed by atoms with Gasteiger partial charge in [-0.2, -0.15) is 0 Å². The van der Waals surface area contributed by atoms with E-state index >= 15 is 0 Å². The summed E-state index contributed by atoms with van der Waals surface area (Å²) in [4.78, 5) is 23.1. The molecule has 3 heterocycles. The van der Waals surface area contributed by atoms with Crippen LogP contribution in [-0.4, -0.2) is 36.3 Å². The second-order valence-electron chi connectivity index (χ2n) is 5.93. The first-order chi connectivity index (χ1) is 12.7. The average Bonchev–Trinajstić information content (AvgIpc) is 3.15. The second-order valence-corrected chi connectivity index (χ2v) is 5.93. The molecule has 2 aliphatic heterocycles. The Hall–Kier alpha value is -3.07. The summed E-state index contributed by atoms with van der Waals surface area (Å²) in [7, 11) is 0. The first-order valence-corrected chi connectivity index (χ1v) is 8.26. The van der Waals surface area contributed by atoms with Gasteiger partial charge >= 0.3 is 5.97 Å². The maximum atomic E-state index is 12.0. The first-order valence-electron chi connectivity index (χ1n) is 8.26. The minimum Gasteiger partial charge on any atom is -0.486 e.